The van der Waals surface area contributed by atoms with Gasteiger partial charge in [0.05, 0.1) is 5.39 Å². The second-order valence-electron chi connectivity index (χ2n) is 6.84. The molecular weight excluding hydrogens is 332 g/mol. The van der Waals surface area contributed by atoms with Gasteiger partial charge in [-0.05, 0) is 56.4 Å². The van der Waals surface area contributed by atoms with Crippen molar-refractivity contribution in [3.63, 3.8) is 0 Å². The second-order valence-corrected chi connectivity index (χ2v) is 7.73. The van der Waals surface area contributed by atoms with Crippen molar-refractivity contribution in [2.45, 2.75) is 51.0 Å². The Kier molecular flexibility index (Phi) is 4.97. The molecule has 2 aromatic rings. The van der Waals surface area contributed by atoms with Gasteiger partial charge in [-0.1, -0.05) is 11.6 Å². The molecule has 0 aromatic carbocycles. The van der Waals surface area contributed by atoms with E-state index in [2.05, 4.69) is 32.3 Å². The average Bonchev–Trinajstić information content (AvgIpc) is 3.31. The summed E-state index contributed by atoms with van der Waals surface area (Å²) in [5.74, 6) is 1.04. The maximum atomic E-state index is 12.7. The van der Waals surface area contributed by atoms with Crippen LogP contribution in [0.3, 0.4) is 0 Å². The van der Waals surface area contributed by atoms with Crippen LogP contribution in [0.4, 0.5) is 5.82 Å². The van der Waals surface area contributed by atoms with Crippen molar-refractivity contribution in [1.29, 1.82) is 0 Å². The number of fused-ring (bicyclic) bond motifs is 1. The third-order valence-corrected chi connectivity index (χ3v) is 6.02. The fourth-order valence-corrected chi connectivity index (χ4v) is 4.62. The first-order valence-corrected chi connectivity index (χ1v) is 10.1. The Balaban J connectivity index is 1.41. The molecule has 1 amide bonds. The maximum absolute atomic E-state index is 12.7. The predicted octanol–water partition coefficient (Wildman–Crippen LogP) is 3.67. The van der Waals surface area contributed by atoms with Gasteiger partial charge in [0.1, 0.15) is 23.0 Å². The summed E-state index contributed by atoms with van der Waals surface area (Å²) in [7, 11) is 0. The average molecular weight is 356 g/mol. The van der Waals surface area contributed by atoms with Crippen molar-refractivity contribution in [2.75, 3.05) is 18.0 Å². The van der Waals surface area contributed by atoms with Crippen LogP contribution in [0.5, 0.6) is 0 Å². The molecule has 1 unspecified atom stereocenters. The van der Waals surface area contributed by atoms with E-state index in [-0.39, 0.29) is 11.9 Å². The van der Waals surface area contributed by atoms with Gasteiger partial charge in [0.25, 0.3) is 0 Å². The van der Waals surface area contributed by atoms with Gasteiger partial charge in [0, 0.05) is 13.1 Å². The molecule has 1 saturated heterocycles. The molecule has 25 heavy (non-hydrogen) atoms. The fourth-order valence-electron chi connectivity index (χ4n) is 3.89. The second kappa shape index (κ2) is 7.52. The van der Waals surface area contributed by atoms with Gasteiger partial charge in [-0.15, -0.1) is 11.3 Å². The lowest BCUT2D eigenvalue weighted by molar-refractivity contribution is -0.122. The van der Waals surface area contributed by atoms with Crippen molar-refractivity contribution in [2.24, 2.45) is 0 Å². The van der Waals surface area contributed by atoms with Gasteiger partial charge in [-0.25, -0.2) is 9.97 Å². The van der Waals surface area contributed by atoms with E-state index in [4.69, 9.17) is 0 Å². The molecule has 2 aromatic heterocycles. The molecule has 1 aliphatic carbocycles. The number of allylic oxidation sites excluding steroid dienone is 1. The lowest BCUT2D eigenvalue weighted by Gasteiger charge is -2.25. The molecule has 6 heteroatoms. The monoisotopic (exact) mass is 356 g/mol. The van der Waals surface area contributed by atoms with Crippen LogP contribution >= 0.6 is 11.3 Å². The van der Waals surface area contributed by atoms with E-state index in [0.717, 1.165) is 48.4 Å². The van der Waals surface area contributed by atoms with E-state index in [0.29, 0.717) is 0 Å². The van der Waals surface area contributed by atoms with Gasteiger partial charge in [0.2, 0.25) is 5.91 Å². The number of carbonyl (C=O) groups excluding carboxylic acids is 1. The summed E-state index contributed by atoms with van der Waals surface area (Å²) in [4.78, 5) is 24.7. The first kappa shape index (κ1) is 16.5. The highest BCUT2D eigenvalue weighted by Crippen LogP contribution is 2.31. The molecule has 4 rings (SSSR count). The van der Waals surface area contributed by atoms with Crippen molar-refractivity contribution < 1.29 is 4.79 Å². The molecule has 0 spiro atoms. The van der Waals surface area contributed by atoms with Crippen molar-refractivity contribution >= 4 is 33.3 Å². The molecule has 0 saturated carbocycles. The first-order valence-electron chi connectivity index (χ1n) is 9.23. The Morgan fingerprint density at radius 2 is 2.28 bits per heavy atom. The number of nitrogens with zero attached hydrogens (tertiary/aromatic N) is 3. The number of anilines is 1. The quantitative estimate of drug-likeness (QED) is 0.831. The Morgan fingerprint density at radius 3 is 3.16 bits per heavy atom. The third-order valence-electron chi connectivity index (χ3n) is 5.20. The van der Waals surface area contributed by atoms with Crippen LogP contribution in [0.1, 0.15) is 44.9 Å². The number of aromatic nitrogens is 2. The highest BCUT2D eigenvalue weighted by molar-refractivity contribution is 7.16. The molecular formula is C19H24N4OS. The van der Waals surface area contributed by atoms with Gasteiger partial charge in [-0.2, -0.15) is 0 Å². The van der Waals surface area contributed by atoms with E-state index in [9.17, 15) is 4.79 Å². The predicted molar refractivity (Wildman–Crippen MR) is 102 cm³/mol. The number of amides is 1. The van der Waals surface area contributed by atoms with Crippen molar-refractivity contribution in [3.8, 4) is 0 Å². The molecule has 2 aliphatic rings. The Morgan fingerprint density at radius 1 is 1.32 bits per heavy atom. The molecule has 1 N–H and O–H groups in total. The van der Waals surface area contributed by atoms with E-state index < -0.39 is 0 Å². The van der Waals surface area contributed by atoms with Crippen LogP contribution < -0.4 is 10.2 Å². The van der Waals surface area contributed by atoms with Crippen molar-refractivity contribution in [1.82, 2.24) is 15.3 Å². The number of carbonyl (C=O) groups is 1. The number of hydrogen-bond donors (Lipinski definition) is 1. The summed E-state index contributed by atoms with van der Waals surface area (Å²) in [6.45, 7) is 1.62. The molecule has 1 atom stereocenters. The summed E-state index contributed by atoms with van der Waals surface area (Å²) in [5, 5.41) is 6.24. The van der Waals surface area contributed by atoms with Crippen LogP contribution in [0.25, 0.3) is 10.2 Å². The molecule has 0 radical (unpaired) electrons. The Labute approximate surface area is 152 Å². The van der Waals surface area contributed by atoms with Crippen LogP contribution in [-0.2, 0) is 4.79 Å². The third kappa shape index (κ3) is 3.54. The van der Waals surface area contributed by atoms with E-state index in [1.807, 2.05) is 5.38 Å². The summed E-state index contributed by atoms with van der Waals surface area (Å²) >= 11 is 1.62. The van der Waals surface area contributed by atoms with E-state index in [1.54, 1.807) is 17.7 Å². The topological polar surface area (TPSA) is 58.1 Å². The van der Waals surface area contributed by atoms with Gasteiger partial charge >= 0.3 is 0 Å². The molecule has 3 heterocycles. The van der Waals surface area contributed by atoms with Crippen LogP contribution in [-0.4, -0.2) is 35.0 Å². The van der Waals surface area contributed by atoms with Gasteiger partial charge in [0.15, 0.2) is 0 Å². The normalized spacial score (nSPS) is 20.7. The van der Waals surface area contributed by atoms with Crippen LogP contribution in [0.2, 0.25) is 0 Å². The Hall–Kier alpha value is -1.95. The maximum Gasteiger partial charge on any atom is 0.242 e. The van der Waals surface area contributed by atoms with Crippen LogP contribution in [0.15, 0.2) is 29.4 Å². The molecule has 5 nitrogen and oxygen atoms in total. The van der Waals surface area contributed by atoms with E-state index >= 15 is 0 Å². The number of rotatable bonds is 5. The molecule has 132 valence electrons. The molecule has 1 fully saturated rings. The van der Waals surface area contributed by atoms with E-state index in [1.165, 1.54) is 31.3 Å². The number of nitrogens with one attached hydrogen (secondary N) is 1. The summed E-state index contributed by atoms with van der Waals surface area (Å²) in [5.41, 5.74) is 1.51. The zero-order valence-electron chi connectivity index (χ0n) is 14.4. The SMILES string of the molecule is O=C(NCCC1=CCCCC1)C1CCCN1c1ncnc2sccc12. The van der Waals surface area contributed by atoms with Crippen LogP contribution in [0, 0.1) is 0 Å². The standard InChI is InChI=1S/C19H24N4OS/c24-18(20-10-8-14-5-2-1-3-6-14)16-7-4-11-23(16)17-15-9-12-25-19(15)22-13-21-17/h5,9,12-13,16H,1-4,6-8,10-11H2,(H,20,24). The highest BCUT2D eigenvalue weighted by Gasteiger charge is 2.32. The zero-order valence-corrected chi connectivity index (χ0v) is 15.2. The smallest absolute Gasteiger partial charge is 0.242 e. The number of hydrogen-bond acceptors (Lipinski definition) is 5. The lowest BCUT2D eigenvalue weighted by atomic mass is 9.97. The largest absolute Gasteiger partial charge is 0.354 e. The van der Waals surface area contributed by atoms with Gasteiger partial charge in [-0.3, -0.25) is 4.79 Å². The van der Waals surface area contributed by atoms with Crippen molar-refractivity contribution in [3.05, 3.63) is 29.4 Å². The lowest BCUT2D eigenvalue weighted by Crippen LogP contribution is -2.44. The zero-order chi connectivity index (χ0) is 17.1. The summed E-state index contributed by atoms with van der Waals surface area (Å²) < 4.78 is 0. The summed E-state index contributed by atoms with van der Waals surface area (Å²) in [6, 6.07) is 1.94. The first-order chi connectivity index (χ1) is 12.3. The minimum absolute atomic E-state index is 0.113. The van der Waals surface area contributed by atoms with Gasteiger partial charge < -0.3 is 10.2 Å². The molecule has 1 aliphatic heterocycles. The summed E-state index contributed by atoms with van der Waals surface area (Å²) in [6.07, 6.45) is 11.9. The highest BCUT2D eigenvalue weighted by atomic mass is 32.1. The Bertz CT molecular complexity index is 785. The molecule has 0 bridgehead atoms. The number of thiophene rings is 1. The fraction of sp³-hybridized carbons (Fsp3) is 0.526. The minimum Gasteiger partial charge on any atom is -0.354 e. The minimum atomic E-state index is -0.113.